The molecule has 1 fully saturated rings. The van der Waals surface area contributed by atoms with Crippen LogP contribution in [-0.2, 0) is 0 Å². The minimum Gasteiger partial charge on any atom is -0.339 e. The Kier molecular flexibility index (Phi) is 2.99. The SMILES string of the molecule is Cc1nccn2c(N3CCN(C)CC3)nc(Br)c12. The molecular formula is C12H16BrN5. The third kappa shape index (κ3) is 1.89. The molecule has 96 valence electrons. The highest BCUT2D eigenvalue weighted by Gasteiger charge is 2.20. The Labute approximate surface area is 115 Å². The van der Waals surface area contributed by atoms with Gasteiger partial charge in [-0.3, -0.25) is 9.38 Å². The first kappa shape index (κ1) is 11.9. The molecule has 2 aromatic rings. The van der Waals surface area contributed by atoms with Crippen molar-refractivity contribution in [3.8, 4) is 0 Å². The Balaban J connectivity index is 2.05. The van der Waals surface area contributed by atoms with Crippen molar-refractivity contribution in [3.05, 3.63) is 22.7 Å². The number of hydrogen-bond donors (Lipinski definition) is 0. The van der Waals surface area contributed by atoms with Crippen LogP contribution in [0, 0.1) is 6.92 Å². The first-order valence-electron chi connectivity index (χ1n) is 6.09. The number of imidazole rings is 1. The van der Waals surface area contributed by atoms with Crippen LogP contribution in [0.2, 0.25) is 0 Å². The van der Waals surface area contributed by atoms with Crippen LogP contribution >= 0.6 is 15.9 Å². The van der Waals surface area contributed by atoms with Gasteiger partial charge in [0, 0.05) is 38.6 Å². The number of aryl methyl sites for hydroxylation is 1. The summed E-state index contributed by atoms with van der Waals surface area (Å²) >= 11 is 3.54. The normalized spacial score (nSPS) is 17.6. The van der Waals surface area contributed by atoms with Crippen molar-refractivity contribution in [3.63, 3.8) is 0 Å². The second-order valence-corrected chi connectivity index (χ2v) is 5.48. The molecule has 0 radical (unpaired) electrons. The van der Waals surface area contributed by atoms with E-state index in [0.717, 1.165) is 47.9 Å². The molecule has 0 spiro atoms. The van der Waals surface area contributed by atoms with E-state index in [0.29, 0.717) is 0 Å². The predicted molar refractivity (Wildman–Crippen MR) is 75.1 cm³/mol. The number of likely N-dealkylation sites (N-methyl/N-ethyl adjacent to an activating group) is 1. The van der Waals surface area contributed by atoms with E-state index in [1.54, 1.807) is 0 Å². The molecule has 18 heavy (non-hydrogen) atoms. The number of nitrogens with zero attached hydrogens (tertiary/aromatic N) is 5. The predicted octanol–water partition coefficient (Wildman–Crippen LogP) is 1.55. The van der Waals surface area contributed by atoms with Gasteiger partial charge in [-0.25, -0.2) is 4.98 Å². The van der Waals surface area contributed by atoms with Crippen molar-refractivity contribution in [2.45, 2.75) is 6.92 Å². The summed E-state index contributed by atoms with van der Waals surface area (Å²) in [5.41, 5.74) is 2.06. The molecule has 1 saturated heterocycles. The third-order valence-electron chi connectivity index (χ3n) is 3.46. The highest BCUT2D eigenvalue weighted by atomic mass is 79.9. The zero-order chi connectivity index (χ0) is 12.7. The minimum absolute atomic E-state index is 0.877. The summed E-state index contributed by atoms with van der Waals surface area (Å²) < 4.78 is 3.00. The van der Waals surface area contributed by atoms with Crippen LogP contribution in [-0.4, -0.2) is 52.5 Å². The average Bonchev–Trinajstić information content (AvgIpc) is 2.69. The average molecular weight is 310 g/mol. The maximum Gasteiger partial charge on any atom is 0.211 e. The molecule has 0 N–H and O–H groups in total. The van der Waals surface area contributed by atoms with E-state index in [-0.39, 0.29) is 0 Å². The van der Waals surface area contributed by atoms with Crippen LogP contribution in [0.1, 0.15) is 5.69 Å². The fraction of sp³-hybridized carbons (Fsp3) is 0.500. The summed E-state index contributed by atoms with van der Waals surface area (Å²) in [6, 6.07) is 0. The Hall–Kier alpha value is -1.14. The van der Waals surface area contributed by atoms with Crippen molar-refractivity contribution in [2.24, 2.45) is 0 Å². The van der Waals surface area contributed by atoms with Gasteiger partial charge < -0.3 is 9.80 Å². The molecule has 2 aromatic heterocycles. The molecule has 0 saturated carbocycles. The number of anilines is 1. The van der Waals surface area contributed by atoms with Gasteiger partial charge in [0.05, 0.1) is 5.69 Å². The van der Waals surface area contributed by atoms with E-state index in [9.17, 15) is 0 Å². The van der Waals surface area contributed by atoms with E-state index in [1.807, 2.05) is 19.3 Å². The second kappa shape index (κ2) is 4.51. The van der Waals surface area contributed by atoms with Crippen LogP contribution in [0.25, 0.3) is 5.52 Å². The lowest BCUT2D eigenvalue weighted by molar-refractivity contribution is 0.311. The summed E-state index contributed by atoms with van der Waals surface area (Å²) in [5, 5.41) is 0. The topological polar surface area (TPSA) is 36.7 Å². The largest absolute Gasteiger partial charge is 0.339 e. The molecule has 0 unspecified atom stereocenters. The number of piperazine rings is 1. The summed E-state index contributed by atoms with van der Waals surface area (Å²) in [6.45, 7) is 6.20. The van der Waals surface area contributed by atoms with Crippen molar-refractivity contribution >= 4 is 27.4 Å². The second-order valence-electron chi connectivity index (χ2n) is 4.72. The van der Waals surface area contributed by atoms with Crippen molar-refractivity contribution in [2.75, 3.05) is 38.1 Å². The molecule has 0 aromatic carbocycles. The molecule has 6 heteroatoms. The first-order valence-corrected chi connectivity index (χ1v) is 6.89. The Morgan fingerprint density at radius 2 is 1.94 bits per heavy atom. The fourth-order valence-corrected chi connectivity index (χ4v) is 3.00. The van der Waals surface area contributed by atoms with Gasteiger partial charge in [-0.2, -0.15) is 0 Å². The van der Waals surface area contributed by atoms with Gasteiger partial charge in [-0.1, -0.05) is 0 Å². The van der Waals surface area contributed by atoms with Crippen LogP contribution in [0.5, 0.6) is 0 Å². The monoisotopic (exact) mass is 309 g/mol. The zero-order valence-corrected chi connectivity index (χ0v) is 12.2. The Morgan fingerprint density at radius 3 is 2.67 bits per heavy atom. The van der Waals surface area contributed by atoms with Crippen molar-refractivity contribution in [1.29, 1.82) is 0 Å². The summed E-state index contributed by atoms with van der Waals surface area (Å²) in [4.78, 5) is 13.6. The molecule has 0 bridgehead atoms. The van der Waals surface area contributed by atoms with Gasteiger partial charge in [-0.05, 0) is 29.9 Å². The smallest absolute Gasteiger partial charge is 0.211 e. The fourth-order valence-electron chi connectivity index (χ4n) is 2.36. The number of fused-ring (bicyclic) bond motifs is 1. The molecule has 1 aliphatic heterocycles. The third-order valence-corrected chi connectivity index (χ3v) is 4.02. The van der Waals surface area contributed by atoms with Crippen molar-refractivity contribution in [1.82, 2.24) is 19.3 Å². The van der Waals surface area contributed by atoms with Gasteiger partial charge in [0.25, 0.3) is 0 Å². The minimum atomic E-state index is 0.877. The molecule has 0 amide bonds. The number of aromatic nitrogens is 3. The van der Waals surface area contributed by atoms with E-state index >= 15 is 0 Å². The zero-order valence-electron chi connectivity index (χ0n) is 10.6. The Morgan fingerprint density at radius 1 is 1.22 bits per heavy atom. The van der Waals surface area contributed by atoms with E-state index in [2.05, 4.69) is 47.1 Å². The lowest BCUT2D eigenvalue weighted by atomic mass is 10.3. The van der Waals surface area contributed by atoms with E-state index < -0.39 is 0 Å². The molecule has 5 nitrogen and oxygen atoms in total. The van der Waals surface area contributed by atoms with Crippen LogP contribution in [0.4, 0.5) is 5.95 Å². The highest BCUT2D eigenvalue weighted by Crippen LogP contribution is 2.26. The quantitative estimate of drug-likeness (QED) is 0.801. The highest BCUT2D eigenvalue weighted by molar-refractivity contribution is 9.10. The molecular weight excluding hydrogens is 294 g/mol. The lowest BCUT2D eigenvalue weighted by Crippen LogP contribution is -2.45. The number of rotatable bonds is 1. The summed E-state index contributed by atoms with van der Waals surface area (Å²) in [6.07, 6.45) is 3.81. The van der Waals surface area contributed by atoms with E-state index in [4.69, 9.17) is 0 Å². The van der Waals surface area contributed by atoms with Crippen LogP contribution in [0.15, 0.2) is 17.0 Å². The van der Waals surface area contributed by atoms with Crippen LogP contribution in [0.3, 0.4) is 0 Å². The van der Waals surface area contributed by atoms with Crippen LogP contribution < -0.4 is 4.90 Å². The van der Waals surface area contributed by atoms with Gasteiger partial charge in [0.1, 0.15) is 10.1 Å². The maximum atomic E-state index is 4.65. The molecule has 3 heterocycles. The summed E-state index contributed by atoms with van der Waals surface area (Å²) in [5.74, 6) is 1.01. The lowest BCUT2D eigenvalue weighted by Gasteiger charge is -2.32. The van der Waals surface area contributed by atoms with E-state index in [1.165, 1.54) is 0 Å². The molecule has 0 aliphatic carbocycles. The number of hydrogen-bond acceptors (Lipinski definition) is 4. The van der Waals surface area contributed by atoms with Crippen molar-refractivity contribution < 1.29 is 0 Å². The molecule has 3 rings (SSSR count). The van der Waals surface area contributed by atoms with Gasteiger partial charge in [-0.15, -0.1) is 0 Å². The Bertz CT molecular complexity index is 571. The van der Waals surface area contributed by atoms with Gasteiger partial charge >= 0.3 is 0 Å². The maximum absolute atomic E-state index is 4.65. The molecule has 1 aliphatic rings. The van der Waals surface area contributed by atoms with Gasteiger partial charge in [0.15, 0.2) is 0 Å². The number of halogens is 1. The summed E-state index contributed by atoms with van der Waals surface area (Å²) in [7, 11) is 2.16. The van der Waals surface area contributed by atoms with Gasteiger partial charge in [0.2, 0.25) is 5.95 Å². The standard InChI is InChI=1S/C12H16BrN5/c1-9-10-11(13)15-12(18(10)4-3-14-9)17-7-5-16(2)6-8-17/h3-4H,5-8H2,1-2H3. The first-order chi connectivity index (χ1) is 8.66. The molecule has 0 atom stereocenters.